The summed E-state index contributed by atoms with van der Waals surface area (Å²) in [5.41, 5.74) is 1.35. The first-order chi connectivity index (χ1) is 14.0. The van der Waals surface area contributed by atoms with Gasteiger partial charge < -0.3 is 19.9 Å². The minimum absolute atomic E-state index is 0.420. The highest BCUT2D eigenvalue weighted by Crippen LogP contribution is 2.46. The van der Waals surface area contributed by atoms with Crippen molar-refractivity contribution in [2.24, 2.45) is 0 Å². The lowest BCUT2D eigenvalue weighted by Crippen LogP contribution is -2.30. The number of hydrogen-bond donors (Lipinski definition) is 2. The van der Waals surface area contributed by atoms with Crippen LogP contribution >= 0.6 is 23.4 Å². The molecule has 0 spiro atoms. The van der Waals surface area contributed by atoms with Crippen molar-refractivity contribution < 1.29 is 19.4 Å². The quantitative estimate of drug-likeness (QED) is 0.592. The molecule has 0 radical (unpaired) electrons. The van der Waals surface area contributed by atoms with Gasteiger partial charge in [-0.25, -0.2) is 0 Å². The second-order valence-electron chi connectivity index (χ2n) is 6.44. The lowest BCUT2D eigenvalue weighted by Gasteiger charge is -2.19. The van der Waals surface area contributed by atoms with Crippen molar-refractivity contribution in [3.63, 3.8) is 0 Å². The van der Waals surface area contributed by atoms with Crippen LogP contribution < -0.4 is 14.8 Å². The Labute approximate surface area is 177 Å². The number of benzene rings is 3. The molecule has 3 aromatic carbocycles. The van der Waals surface area contributed by atoms with Gasteiger partial charge in [0.15, 0.2) is 0 Å². The molecule has 0 fully saturated rings. The Morgan fingerprint density at radius 1 is 1.03 bits per heavy atom. The fourth-order valence-corrected chi connectivity index (χ4v) is 4.55. The summed E-state index contributed by atoms with van der Waals surface area (Å²) in [6, 6.07) is 20.1. The van der Waals surface area contributed by atoms with E-state index in [9.17, 15) is 9.90 Å². The molecule has 1 amide bonds. The third-order valence-corrected chi connectivity index (χ3v) is 6.17. The summed E-state index contributed by atoms with van der Waals surface area (Å²) >= 11 is 7.63. The number of thioether (sulfide) groups is 1. The maximum Gasteiger partial charge on any atom is 0.254 e. The van der Waals surface area contributed by atoms with Gasteiger partial charge in [0.2, 0.25) is 0 Å². The van der Waals surface area contributed by atoms with Crippen molar-refractivity contribution >= 4 is 35.0 Å². The molecule has 2 N–H and O–H groups in total. The van der Waals surface area contributed by atoms with E-state index in [1.807, 2.05) is 36.4 Å². The van der Waals surface area contributed by atoms with E-state index in [1.165, 1.54) is 18.9 Å². The van der Waals surface area contributed by atoms with E-state index < -0.39 is 17.3 Å². The first kappa shape index (κ1) is 19.6. The third kappa shape index (κ3) is 4.19. The van der Waals surface area contributed by atoms with Crippen molar-refractivity contribution in [3.8, 4) is 17.2 Å². The van der Waals surface area contributed by atoms with E-state index in [1.54, 1.807) is 30.3 Å². The molecule has 0 saturated carbocycles. The molecule has 1 aliphatic heterocycles. The molecular weight excluding hydrogens is 410 g/mol. The Balaban J connectivity index is 1.67. The number of amides is 1. The predicted molar refractivity (Wildman–Crippen MR) is 114 cm³/mol. The van der Waals surface area contributed by atoms with Gasteiger partial charge in [-0.1, -0.05) is 35.9 Å². The average molecular weight is 428 g/mol. The normalized spacial score (nSPS) is 18.4. The zero-order chi connectivity index (χ0) is 20.4. The van der Waals surface area contributed by atoms with Crippen LogP contribution in [0.5, 0.6) is 17.2 Å². The third-order valence-electron chi connectivity index (χ3n) is 4.50. The summed E-state index contributed by atoms with van der Waals surface area (Å²) < 4.78 is 11.1. The Kier molecular flexibility index (Phi) is 5.67. The highest BCUT2D eigenvalue weighted by atomic mass is 35.5. The molecule has 0 aromatic heterocycles. The van der Waals surface area contributed by atoms with E-state index in [4.69, 9.17) is 21.1 Å². The summed E-state index contributed by atoms with van der Waals surface area (Å²) in [5.74, 6) is 1.42. The monoisotopic (exact) mass is 427 g/mol. The number of methoxy groups -OCH3 is 1. The number of fused-ring (bicyclic) bond motifs is 1. The number of nitrogens with one attached hydrogen (secondary N) is 1. The Morgan fingerprint density at radius 2 is 1.83 bits per heavy atom. The average Bonchev–Trinajstić information content (AvgIpc) is 2.85. The molecule has 29 heavy (non-hydrogen) atoms. The molecule has 0 saturated heterocycles. The van der Waals surface area contributed by atoms with Crippen LogP contribution in [0.15, 0.2) is 71.6 Å². The zero-order valence-electron chi connectivity index (χ0n) is 15.5. The van der Waals surface area contributed by atoms with Crippen molar-refractivity contribution in [1.29, 1.82) is 0 Å². The first-order valence-corrected chi connectivity index (χ1v) is 10.2. The van der Waals surface area contributed by atoms with Gasteiger partial charge in [-0.05, 0) is 48.0 Å². The van der Waals surface area contributed by atoms with Gasteiger partial charge in [0.1, 0.15) is 23.4 Å². The van der Waals surface area contributed by atoms with Crippen molar-refractivity contribution in [2.75, 3.05) is 12.4 Å². The maximum atomic E-state index is 12.5. The molecule has 5 nitrogen and oxygen atoms in total. The van der Waals surface area contributed by atoms with Crippen LogP contribution in [0.25, 0.3) is 0 Å². The first-order valence-electron chi connectivity index (χ1n) is 8.91. The summed E-state index contributed by atoms with van der Waals surface area (Å²) in [6.45, 7) is 0. The number of rotatable bonds is 4. The van der Waals surface area contributed by atoms with E-state index in [0.29, 0.717) is 28.0 Å². The van der Waals surface area contributed by atoms with Crippen LogP contribution in [0, 0.1) is 0 Å². The molecule has 148 valence electrons. The number of hydrogen-bond acceptors (Lipinski definition) is 5. The largest absolute Gasteiger partial charge is 0.495 e. The molecule has 7 heteroatoms. The predicted octanol–water partition coefficient (Wildman–Crippen LogP) is 5.29. The fourth-order valence-electron chi connectivity index (χ4n) is 3.05. The van der Waals surface area contributed by atoms with Crippen molar-refractivity contribution in [1.82, 2.24) is 0 Å². The molecule has 0 bridgehead atoms. The molecule has 4 rings (SSSR count). The molecule has 1 heterocycles. The van der Waals surface area contributed by atoms with Crippen LogP contribution in [0.3, 0.4) is 0 Å². The number of ether oxygens (including phenoxy) is 2. The van der Waals surface area contributed by atoms with E-state index >= 15 is 0 Å². The van der Waals surface area contributed by atoms with E-state index in [-0.39, 0.29) is 0 Å². The van der Waals surface area contributed by atoms with E-state index in [2.05, 4.69) is 5.32 Å². The maximum absolute atomic E-state index is 12.5. The van der Waals surface area contributed by atoms with Crippen LogP contribution in [-0.2, 0) is 4.79 Å². The number of halogens is 1. The number of carbonyl (C=O) groups excluding carboxylic acids is 1. The molecule has 1 aliphatic rings. The molecule has 0 aliphatic carbocycles. The lowest BCUT2D eigenvalue weighted by molar-refractivity contribution is -0.124. The number of aliphatic hydroxyl groups excluding tert-OH is 1. The van der Waals surface area contributed by atoms with E-state index in [0.717, 1.165) is 10.5 Å². The molecular formula is C22H18ClNO4S. The molecule has 3 aromatic rings. The van der Waals surface area contributed by atoms with Gasteiger partial charge in [0, 0.05) is 4.90 Å². The standard InChI is InChI=1S/C22H18ClNO4S/c1-27-18-10-7-13(11-16(18)23)21-20(25)22(26)24-17-9-8-15(12-19(17)29-21)28-14-5-3-2-4-6-14/h2-12,20-21,25H,1H3,(H,24,26)/t20-,21+/m1/s1. The van der Waals surface area contributed by atoms with Crippen LogP contribution in [0.4, 0.5) is 5.69 Å². The Morgan fingerprint density at radius 3 is 2.55 bits per heavy atom. The number of anilines is 1. The number of carbonyl (C=O) groups is 1. The van der Waals surface area contributed by atoms with Crippen LogP contribution in [0.2, 0.25) is 5.02 Å². The van der Waals surface area contributed by atoms with Crippen molar-refractivity contribution in [2.45, 2.75) is 16.2 Å². The van der Waals surface area contributed by atoms with Gasteiger partial charge in [-0.3, -0.25) is 4.79 Å². The molecule has 0 unspecified atom stereocenters. The fraction of sp³-hybridized carbons (Fsp3) is 0.136. The van der Waals surface area contributed by atoms with Gasteiger partial charge in [0.25, 0.3) is 5.91 Å². The minimum Gasteiger partial charge on any atom is -0.495 e. The van der Waals surface area contributed by atoms with Gasteiger partial charge in [0.05, 0.1) is 23.1 Å². The molecule has 2 atom stereocenters. The van der Waals surface area contributed by atoms with Gasteiger partial charge in [-0.2, -0.15) is 0 Å². The SMILES string of the molecule is COc1ccc([C@@H]2Sc3cc(Oc4ccccc4)ccc3NC(=O)[C@@H]2O)cc1Cl. The second kappa shape index (κ2) is 8.37. The van der Waals surface area contributed by atoms with Gasteiger partial charge in [-0.15, -0.1) is 11.8 Å². The summed E-state index contributed by atoms with van der Waals surface area (Å²) in [5, 5.41) is 13.3. The number of para-hydroxylation sites is 1. The summed E-state index contributed by atoms with van der Waals surface area (Å²) in [7, 11) is 1.54. The Bertz CT molecular complexity index is 1040. The van der Waals surface area contributed by atoms with Crippen molar-refractivity contribution in [3.05, 3.63) is 77.3 Å². The second-order valence-corrected chi connectivity index (χ2v) is 8.03. The van der Waals surface area contributed by atoms with Crippen LogP contribution in [-0.4, -0.2) is 24.2 Å². The Hall–Kier alpha value is -2.67. The summed E-state index contributed by atoms with van der Waals surface area (Å²) in [6.07, 6.45) is -1.24. The summed E-state index contributed by atoms with van der Waals surface area (Å²) in [4.78, 5) is 13.3. The zero-order valence-corrected chi connectivity index (χ0v) is 17.0. The highest BCUT2D eigenvalue weighted by Gasteiger charge is 2.33. The van der Waals surface area contributed by atoms with Gasteiger partial charge >= 0.3 is 0 Å². The number of aliphatic hydroxyl groups is 1. The highest BCUT2D eigenvalue weighted by molar-refractivity contribution is 7.99. The minimum atomic E-state index is -1.24. The lowest BCUT2D eigenvalue weighted by atomic mass is 10.1. The smallest absolute Gasteiger partial charge is 0.254 e. The van der Waals surface area contributed by atoms with Crippen LogP contribution in [0.1, 0.15) is 10.8 Å². The topological polar surface area (TPSA) is 67.8 Å².